The average Bonchev–Trinajstić information content (AvgIpc) is 2.45. The normalized spacial score (nSPS) is 22.8. The zero-order valence-corrected chi connectivity index (χ0v) is 11.4. The zero-order chi connectivity index (χ0) is 13.7. The van der Waals surface area contributed by atoms with Crippen molar-refractivity contribution in [2.45, 2.75) is 38.3 Å². The number of nitrogens with two attached hydrogens (primary N) is 1. The van der Waals surface area contributed by atoms with Gasteiger partial charge in [-0.1, -0.05) is 18.6 Å². The third kappa shape index (κ3) is 3.96. The zero-order valence-electron chi connectivity index (χ0n) is 11.4. The third-order valence-electron chi connectivity index (χ3n) is 3.71. The molecule has 1 aliphatic rings. The number of nitrogens with one attached hydrogen (secondary N) is 1. The standard InChI is InChI=1S/C15H22N2O2/c1-19-14-7-5-11(6-8-14)10-17-15(18)12-3-2-4-13(16)9-12/h5-8,12-13H,2-4,9-10,16H2,1H3,(H,17,18). The number of amides is 1. The summed E-state index contributed by atoms with van der Waals surface area (Å²) in [5.41, 5.74) is 6.99. The van der Waals surface area contributed by atoms with Crippen LogP contribution in [0.1, 0.15) is 31.2 Å². The number of methoxy groups -OCH3 is 1. The molecule has 0 radical (unpaired) electrons. The molecule has 2 rings (SSSR count). The fourth-order valence-electron chi connectivity index (χ4n) is 2.54. The summed E-state index contributed by atoms with van der Waals surface area (Å²) in [5, 5.41) is 2.99. The molecule has 1 fully saturated rings. The summed E-state index contributed by atoms with van der Waals surface area (Å²) >= 11 is 0. The van der Waals surface area contributed by atoms with Crippen LogP contribution in [-0.2, 0) is 11.3 Å². The summed E-state index contributed by atoms with van der Waals surface area (Å²) in [4.78, 5) is 12.0. The molecule has 1 saturated carbocycles. The van der Waals surface area contributed by atoms with Crippen LogP contribution in [0.15, 0.2) is 24.3 Å². The van der Waals surface area contributed by atoms with Crippen molar-refractivity contribution in [3.05, 3.63) is 29.8 Å². The van der Waals surface area contributed by atoms with Gasteiger partial charge in [-0.25, -0.2) is 0 Å². The molecule has 0 aromatic heterocycles. The van der Waals surface area contributed by atoms with E-state index >= 15 is 0 Å². The Bertz CT molecular complexity index is 417. The van der Waals surface area contributed by atoms with Gasteiger partial charge in [0.1, 0.15) is 5.75 Å². The minimum absolute atomic E-state index is 0.0852. The van der Waals surface area contributed by atoms with Crippen LogP contribution in [0, 0.1) is 5.92 Å². The van der Waals surface area contributed by atoms with Gasteiger partial charge in [0.2, 0.25) is 5.91 Å². The highest BCUT2D eigenvalue weighted by atomic mass is 16.5. The lowest BCUT2D eigenvalue weighted by molar-refractivity contribution is -0.126. The van der Waals surface area contributed by atoms with Crippen LogP contribution in [0.4, 0.5) is 0 Å². The first-order chi connectivity index (χ1) is 9.19. The lowest BCUT2D eigenvalue weighted by Crippen LogP contribution is -2.37. The van der Waals surface area contributed by atoms with E-state index < -0.39 is 0 Å². The van der Waals surface area contributed by atoms with Gasteiger partial charge in [0.25, 0.3) is 0 Å². The molecule has 104 valence electrons. The van der Waals surface area contributed by atoms with Crippen LogP contribution in [0.2, 0.25) is 0 Å². The molecule has 2 atom stereocenters. The topological polar surface area (TPSA) is 64.3 Å². The molecular weight excluding hydrogens is 240 g/mol. The molecule has 19 heavy (non-hydrogen) atoms. The Hall–Kier alpha value is -1.55. The Labute approximate surface area is 114 Å². The van der Waals surface area contributed by atoms with Gasteiger partial charge in [-0.05, 0) is 37.0 Å². The lowest BCUT2D eigenvalue weighted by Gasteiger charge is -2.25. The van der Waals surface area contributed by atoms with Crippen LogP contribution in [0.25, 0.3) is 0 Å². The SMILES string of the molecule is COc1ccc(CNC(=O)C2CCCC(N)C2)cc1. The number of hydrogen-bond donors (Lipinski definition) is 2. The van der Waals surface area contributed by atoms with Gasteiger partial charge in [0.05, 0.1) is 7.11 Å². The van der Waals surface area contributed by atoms with Crippen molar-refractivity contribution in [1.82, 2.24) is 5.32 Å². The van der Waals surface area contributed by atoms with E-state index in [1.807, 2.05) is 24.3 Å². The van der Waals surface area contributed by atoms with Gasteiger partial charge in [0.15, 0.2) is 0 Å². The Morgan fingerprint density at radius 1 is 1.37 bits per heavy atom. The minimum Gasteiger partial charge on any atom is -0.497 e. The van der Waals surface area contributed by atoms with Crippen molar-refractivity contribution in [2.24, 2.45) is 11.7 Å². The monoisotopic (exact) mass is 262 g/mol. The third-order valence-corrected chi connectivity index (χ3v) is 3.71. The first kappa shape index (κ1) is 13.9. The van der Waals surface area contributed by atoms with Crippen LogP contribution in [0.5, 0.6) is 5.75 Å². The van der Waals surface area contributed by atoms with Gasteiger partial charge in [0, 0.05) is 18.5 Å². The maximum Gasteiger partial charge on any atom is 0.223 e. The molecule has 4 heteroatoms. The van der Waals surface area contributed by atoms with Crippen molar-refractivity contribution in [3.8, 4) is 5.75 Å². The van der Waals surface area contributed by atoms with E-state index in [1.165, 1.54) is 0 Å². The second-order valence-electron chi connectivity index (χ2n) is 5.19. The molecule has 0 aliphatic heterocycles. The number of benzene rings is 1. The average molecular weight is 262 g/mol. The second kappa shape index (κ2) is 6.57. The lowest BCUT2D eigenvalue weighted by atomic mass is 9.85. The van der Waals surface area contributed by atoms with Crippen LogP contribution < -0.4 is 15.8 Å². The molecule has 4 nitrogen and oxygen atoms in total. The molecule has 1 aromatic carbocycles. The summed E-state index contributed by atoms with van der Waals surface area (Å²) in [6, 6.07) is 7.92. The predicted molar refractivity (Wildman–Crippen MR) is 74.8 cm³/mol. The summed E-state index contributed by atoms with van der Waals surface area (Å²) in [6.07, 6.45) is 3.88. The van der Waals surface area contributed by atoms with Crippen molar-refractivity contribution >= 4 is 5.91 Å². The van der Waals surface area contributed by atoms with Gasteiger partial charge in [-0.3, -0.25) is 4.79 Å². The van der Waals surface area contributed by atoms with E-state index in [0.29, 0.717) is 6.54 Å². The number of ether oxygens (including phenoxy) is 1. The molecule has 0 spiro atoms. The highest BCUT2D eigenvalue weighted by Crippen LogP contribution is 2.23. The summed E-state index contributed by atoms with van der Waals surface area (Å²) in [7, 11) is 1.64. The minimum atomic E-state index is 0.0852. The molecule has 0 bridgehead atoms. The number of rotatable bonds is 4. The smallest absolute Gasteiger partial charge is 0.223 e. The van der Waals surface area contributed by atoms with Crippen LogP contribution in [0.3, 0.4) is 0 Å². The quantitative estimate of drug-likeness (QED) is 0.870. The molecule has 0 saturated heterocycles. The van der Waals surface area contributed by atoms with Crippen molar-refractivity contribution in [3.63, 3.8) is 0 Å². The van der Waals surface area contributed by atoms with E-state index in [2.05, 4.69) is 5.32 Å². The largest absolute Gasteiger partial charge is 0.497 e. The van der Waals surface area contributed by atoms with Crippen LogP contribution in [-0.4, -0.2) is 19.1 Å². The van der Waals surface area contributed by atoms with Crippen LogP contribution >= 0.6 is 0 Å². The van der Waals surface area contributed by atoms with Crippen molar-refractivity contribution in [1.29, 1.82) is 0 Å². The number of carbonyl (C=O) groups excluding carboxylic acids is 1. The number of carbonyl (C=O) groups is 1. The van der Waals surface area contributed by atoms with Gasteiger partial charge < -0.3 is 15.8 Å². The van der Waals surface area contributed by atoms with Gasteiger partial charge in [-0.2, -0.15) is 0 Å². The van der Waals surface area contributed by atoms with E-state index in [0.717, 1.165) is 37.0 Å². The second-order valence-corrected chi connectivity index (χ2v) is 5.19. The maximum atomic E-state index is 12.0. The van der Waals surface area contributed by atoms with E-state index in [-0.39, 0.29) is 17.9 Å². The molecule has 1 amide bonds. The molecule has 0 heterocycles. The number of hydrogen-bond acceptors (Lipinski definition) is 3. The van der Waals surface area contributed by atoms with Crippen molar-refractivity contribution in [2.75, 3.05) is 7.11 Å². The maximum absolute atomic E-state index is 12.0. The Kier molecular flexibility index (Phi) is 4.80. The Morgan fingerprint density at radius 2 is 2.11 bits per heavy atom. The van der Waals surface area contributed by atoms with E-state index in [1.54, 1.807) is 7.11 Å². The Morgan fingerprint density at radius 3 is 2.74 bits per heavy atom. The molecular formula is C15H22N2O2. The fraction of sp³-hybridized carbons (Fsp3) is 0.533. The first-order valence-electron chi connectivity index (χ1n) is 6.85. The molecule has 2 unspecified atom stereocenters. The molecule has 1 aromatic rings. The summed E-state index contributed by atoms with van der Waals surface area (Å²) in [5.74, 6) is 1.04. The summed E-state index contributed by atoms with van der Waals surface area (Å²) < 4.78 is 5.10. The molecule has 3 N–H and O–H groups in total. The predicted octanol–water partition coefficient (Wildman–Crippen LogP) is 1.83. The molecule has 1 aliphatic carbocycles. The first-order valence-corrected chi connectivity index (χ1v) is 6.85. The summed E-state index contributed by atoms with van der Waals surface area (Å²) in [6.45, 7) is 0.564. The highest BCUT2D eigenvalue weighted by molar-refractivity contribution is 5.78. The van der Waals surface area contributed by atoms with Gasteiger partial charge >= 0.3 is 0 Å². The fourth-order valence-corrected chi connectivity index (χ4v) is 2.54. The highest BCUT2D eigenvalue weighted by Gasteiger charge is 2.24. The van der Waals surface area contributed by atoms with E-state index in [9.17, 15) is 4.79 Å². The van der Waals surface area contributed by atoms with E-state index in [4.69, 9.17) is 10.5 Å². The Balaban J connectivity index is 1.82. The van der Waals surface area contributed by atoms with Crippen molar-refractivity contribution < 1.29 is 9.53 Å². The van der Waals surface area contributed by atoms with Gasteiger partial charge in [-0.15, -0.1) is 0 Å².